The second kappa shape index (κ2) is 4.56. The number of carbonyl (C=O) groups is 2. The van der Waals surface area contributed by atoms with E-state index in [-0.39, 0.29) is 12.2 Å². The smallest absolute Gasteiger partial charge is 0.243 e. The quantitative estimate of drug-likeness (QED) is 0.598. The Balaban J connectivity index is 2.52. The molecule has 1 aromatic heterocycles. The zero-order valence-electron chi connectivity index (χ0n) is 8.19. The average Bonchev–Trinajstić information content (AvgIpc) is 2.50. The Morgan fingerprint density at radius 1 is 1.67 bits per heavy atom. The first-order chi connectivity index (χ1) is 6.99. The molecule has 0 aliphatic carbocycles. The third-order valence-electron chi connectivity index (χ3n) is 1.64. The first kappa shape index (κ1) is 11.2. The van der Waals surface area contributed by atoms with Gasteiger partial charge in [0.15, 0.2) is 5.82 Å². The van der Waals surface area contributed by atoms with Crippen molar-refractivity contribution in [3.8, 4) is 0 Å². The van der Waals surface area contributed by atoms with Gasteiger partial charge in [-0.05, 0) is 6.92 Å². The number of anilines is 1. The molecule has 1 atom stereocenters. The van der Waals surface area contributed by atoms with E-state index in [4.69, 9.17) is 16.0 Å². The predicted molar refractivity (Wildman–Crippen MR) is 51.7 cm³/mol. The maximum atomic E-state index is 11.3. The van der Waals surface area contributed by atoms with E-state index in [1.807, 2.05) is 0 Å². The lowest BCUT2D eigenvalue weighted by Crippen LogP contribution is -2.39. The Morgan fingerprint density at radius 2 is 2.33 bits per heavy atom. The maximum Gasteiger partial charge on any atom is 0.243 e. The topological polar surface area (TPSA) is 124 Å². The van der Waals surface area contributed by atoms with Crippen molar-refractivity contribution >= 4 is 17.6 Å². The summed E-state index contributed by atoms with van der Waals surface area (Å²) in [4.78, 5) is 21.8. The van der Waals surface area contributed by atoms with E-state index in [0.29, 0.717) is 5.76 Å². The molecule has 7 nitrogen and oxygen atoms in total. The number of amides is 2. The highest BCUT2D eigenvalue weighted by Gasteiger charge is 2.17. The Kier molecular flexibility index (Phi) is 3.40. The fourth-order valence-electron chi connectivity index (χ4n) is 0.954. The lowest BCUT2D eigenvalue weighted by molar-refractivity contribution is -0.123. The van der Waals surface area contributed by atoms with Gasteiger partial charge in [0.25, 0.3) is 0 Å². The van der Waals surface area contributed by atoms with Crippen molar-refractivity contribution in [2.75, 3.05) is 5.32 Å². The summed E-state index contributed by atoms with van der Waals surface area (Å²) in [6.45, 7) is 1.69. The SMILES string of the molecule is Cc1cc(NC(=O)C(N)CC(N)=O)no1. The van der Waals surface area contributed by atoms with E-state index in [0.717, 1.165) is 0 Å². The lowest BCUT2D eigenvalue weighted by Gasteiger charge is -2.07. The molecule has 0 radical (unpaired) electrons. The van der Waals surface area contributed by atoms with Gasteiger partial charge in [0.05, 0.1) is 12.5 Å². The number of aromatic nitrogens is 1. The van der Waals surface area contributed by atoms with Crippen LogP contribution >= 0.6 is 0 Å². The van der Waals surface area contributed by atoms with Crippen molar-refractivity contribution in [2.24, 2.45) is 11.5 Å². The first-order valence-electron chi connectivity index (χ1n) is 4.27. The second-order valence-corrected chi connectivity index (χ2v) is 3.09. The van der Waals surface area contributed by atoms with Crippen LogP contribution in [0.4, 0.5) is 5.82 Å². The third kappa shape index (κ3) is 3.39. The first-order valence-corrected chi connectivity index (χ1v) is 4.27. The monoisotopic (exact) mass is 212 g/mol. The van der Waals surface area contributed by atoms with Crippen LogP contribution in [0.2, 0.25) is 0 Å². The van der Waals surface area contributed by atoms with E-state index in [1.165, 1.54) is 6.07 Å². The minimum atomic E-state index is -0.973. The highest BCUT2D eigenvalue weighted by Crippen LogP contribution is 2.07. The van der Waals surface area contributed by atoms with E-state index < -0.39 is 17.9 Å². The van der Waals surface area contributed by atoms with Crippen molar-refractivity contribution in [3.05, 3.63) is 11.8 Å². The van der Waals surface area contributed by atoms with Crippen molar-refractivity contribution < 1.29 is 14.1 Å². The Bertz CT molecular complexity index is 374. The predicted octanol–water partition coefficient (Wildman–Crippen LogP) is -0.876. The van der Waals surface area contributed by atoms with Gasteiger partial charge in [-0.3, -0.25) is 9.59 Å². The molecule has 7 heteroatoms. The third-order valence-corrected chi connectivity index (χ3v) is 1.64. The fraction of sp³-hybridized carbons (Fsp3) is 0.375. The number of hydrogen-bond donors (Lipinski definition) is 3. The minimum Gasteiger partial charge on any atom is -0.370 e. The van der Waals surface area contributed by atoms with Gasteiger partial charge in [0, 0.05) is 6.07 Å². The summed E-state index contributed by atoms with van der Waals surface area (Å²) < 4.78 is 4.73. The van der Waals surface area contributed by atoms with Gasteiger partial charge >= 0.3 is 0 Å². The number of nitrogens with two attached hydrogens (primary N) is 2. The highest BCUT2D eigenvalue weighted by atomic mass is 16.5. The molecule has 0 aliphatic rings. The molecule has 0 saturated heterocycles. The summed E-state index contributed by atoms with van der Waals surface area (Å²) >= 11 is 0. The standard InChI is InChI=1S/C8H12N4O3/c1-4-2-7(12-15-4)11-8(14)5(9)3-6(10)13/h2,5H,3,9H2,1H3,(H2,10,13)(H,11,12,14). The second-order valence-electron chi connectivity index (χ2n) is 3.09. The van der Waals surface area contributed by atoms with Gasteiger partial charge in [-0.1, -0.05) is 5.16 Å². The zero-order valence-corrected chi connectivity index (χ0v) is 8.19. The molecule has 0 saturated carbocycles. The molecule has 0 fully saturated rings. The Morgan fingerprint density at radius 3 is 2.80 bits per heavy atom. The Hall–Kier alpha value is -1.89. The average molecular weight is 212 g/mol. The van der Waals surface area contributed by atoms with Crippen LogP contribution in [0.5, 0.6) is 0 Å². The van der Waals surface area contributed by atoms with E-state index in [9.17, 15) is 9.59 Å². The fourth-order valence-corrected chi connectivity index (χ4v) is 0.954. The molecule has 1 heterocycles. The maximum absolute atomic E-state index is 11.3. The number of nitrogens with one attached hydrogen (secondary N) is 1. The molecule has 1 unspecified atom stereocenters. The summed E-state index contributed by atoms with van der Waals surface area (Å²) in [7, 11) is 0. The van der Waals surface area contributed by atoms with Crippen LogP contribution < -0.4 is 16.8 Å². The molecule has 0 aliphatic heterocycles. The van der Waals surface area contributed by atoms with Crippen molar-refractivity contribution in [2.45, 2.75) is 19.4 Å². The van der Waals surface area contributed by atoms with Gasteiger partial charge in [0.1, 0.15) is 5.76 Å². The number of carbonyl (C=O) groups excluding carboxylic acids is 2. The molecule has 1 rings (SSSR count). The molecular formula is C8H12N4O3. The number of rotatable bonds is 4. The molecular weight excluding hydrogens is 200 g/mol. The van der Waals surface area contributed by atoms with Crippen molar-refractivity contribution in [3.63, 3.8) is 0 Å². The summed E-state index contributed by atoms with van der Waals surface area (Å²) in [6.07, 6.45) is -0.206. The molecule has 0 aromatic carbocycles. The molecule has 0 spiro atoms. The van der Waals surface area contributed by atoms with Gasteiger partial charge in [0.2, 0.25) is 11.8 Å². The van der Waals surface area contributed by atoms with Gasteiger partial charge in [-0.25, -0.2) is 0 Å². The number of nitrogens with zero attached hydrogens (tertiary/aromatic N) is 1. The normalized spacial score (nSPS) is 12.1. The van der Waals surface area contributed by atoms with Crippen LogP contribution in [-0.4, -0.2) is 23.0 Å². The molecule has 5 N–H and O–H groups in total. The molecule has 15 heavy (non-hydrogen) atoms. The van der Waals surface area contributed by atoms with Crippen molar-refractivity contribution in [1.29, 1.82) is 0 Å². The number of primary amides is 1. The van der Waals surface area contributed by atoms with Crippen LogP contribution in [0.25, 0.3) is 0 Å². The lowest BCUT2D eigenvalue weighted by atomic mass is 10.2. The van der Waals surface area contributed by atoms with Crippen LogP contribution in [0.3, 0.4) is 0 Å². The number of aryl methyl sites for hydroxylation is 1. The number of hydrogen-bond acceptors (Lipinski definition) is 5. The molecule has 82 valence electrons. The van der Waals surface area contributed by atoms with Crippen LogP contribution in [0.1, 0.15) is 12.2 Å². The van der Waals surface area contributed by atoms with Gasteiger partial charge in [-0.2, -0.15) is 0 Å². The van der Waals surface area contributed by atoms with E-state index in [1.54, 1.807) is 6.92 Å². The largest absolute Gasteiger partial charge is 0.370 e. The van der Waals surface area contributed by atoms with Gasteiger partial charge in [-0.15, -0.1) is 0 Å². The van der Waals surface area contributed by atoms with E-state index >= 15 is 0 Å². The molecule has 2 amide bonds. The van der Waals surface area contributed by atoms with Crippen molar-refractivity contribution in [1.82, 2.24) is 5.16 Å². The minimum absolute atomic E-state index is 0.206. The summed E-state index contributed by atoms with van der Waals surface area (Å²) in [6, 6.07) is 0.564. The molecule has 1 aromatic rings. The van der Waals surface area contributed by atoms with Gasteiger partial charge < -0.3 is 21.3 Å². The Labute approximate surface area is 85.8 Å². The summed E-state index contributed by atoms with van der Waals surface area (Å²) in [5.41, 5.74) is 10.3. The molecule has 0 bridgehead atoms. The summed E-state index contributed by atoms with van der Waals surface area (Å²) in [5, 5.41) is 5.93. The summed E-state index contributed by atoms with van der Waals surface area (Å²) in [5.74, 6) is -0.331. The van der Waals surface area contributed by atoms with Crippen LogP contribution in [0.15, 0.2) is 10.6 Å². The zero-order chi connectivity index (χ0) is 11.4. The van der Waals surface area contributed by atoms with Crippen LogP contribution in [0, 0.1) is 6.92 Å². The van der Waals surface area contributed by atoms with E-state index in [2.05, 4.69) is 10.5 Å². The highest BCUT2D eigenvalue weighted by molar-refractivity contribution is 5.96. The van der Waals surface area contributed by atoms with Crippen LogP contribution in [-0.2, 0) is 9.59 Å².